The Kier molecular flexibility index (Phi) is 12.3. The molecule has 0 aliphatic rings. The van der Waals surface area contributed by atoms with Gasteiger partial charge in [-0.15, -0.1) is 38.1 Å². The third kappa shape index (κ3) is 8.11. The van der Waals surface area contributed by atoms with E-state index in [2.05, 4.69) is 76.2 Å². The van der Waals surface area contributed by atoms with Gasteiger partial charge in [0.2, 0.25) is 0 Å². The van der Waals surface area contributed by atoms with Crippen molar-refractivity contribution in [2.24, 2.45) is 0 Å². The zero-order chi connectivity index (χ0) is 17.6. The maximum absolute atomic E-state index is 4.03. The van der Waals surface area contributed by atoms with Gasteiger partial charge < -0.3 is 0 Å². The van der Waals surface area contributed by atoms with Crippen LogP contribution in [0.2, 0.25) is 0 Å². The molecule has 0 radical (unpaired) electrons. The lowest BCUT2D eigenvalue weighted by molar-refractivity contribution is 0.482. The lowest BCUT2D eigenvalue weighted by atomic mass is 9.92. The first kappa shape index (κ1) is 22.3. The maximum Gasteiger partial charge on any atom is 0.0234 e. The molecule has 1 heteroatoms. The van der Waals surface area contributed by atoms with Gasteiger partial charge in [-0.2, -0.15) is 0 Å². The van der Waals surface area contributed by atoms with E-state index in [4.69, 9.17) is 0 Å². The first-order chi connectivity index (χ1) is 11.1. The van der Waals surface area contributed by atoms with Gasteiger partial charge >= 0.3 is 0 Å². The molecule has 0 N–H and O–H groups in total. The average Bonchev–Trinajstić information content (AvgIpc) is 2.52. The Morgan fingerprint density at radius 1 is 0.652 bits per heavy atom. The highest BCUT2D eigenvalue weighted by Crippen LogP contribution is 2.51. The lowest BCUT2D eigenvalue weighted by Gasteiger charge is -2.43. The summed E-state index contributed by atoms with van der Waals surface area (Å²) in [7, 11) is 0. The molecule has 0 aliphatic carbocycles. The van der Waals surface area contributed by atoms with Crippen molar-refractivity contribution in [3.8, 4) is 0 Å². The van der Waals surface area contributed by atoms with Crippen LogP contribution in [0.1, 0.15) is 78.1 Å². The fraction of sp³-hybridized carbons (Fsp3) is 0.636. The molecule has 0 aromatic heterocycles. The SMILES string of the molecule is C=CCC(CC=C)(CCCC)SC(CC=C)(CC=C)CCCC. The van der Waals surface area contributed by atoms with E-state index >= 15 is 0 Å². The topological polar surface area (TPSA) is 0 Å². The van der Waals surface area contributed by atoms with E-state index in [1.165, 1.54) is 38.5 Å². The van der Waals surface area contributed by atoms with Crippen LogP contribution in [0.15, 0.2) is 50.6 Å². The van der Waals surface area contributed by atoms with Crippen molar-refractivity contribution < 1.29 is 0 Å². The van der Waals surface area contributed by atoms with Crippen molar-refractivity contribution in [1.82, 2.24) is 0 Å². The molecule has 0 saturated heterocycles. The zero-order valence-corrected chi connectivity index (χ0v) is 16.4. The van der Waals surface area contributed by atoms with Gasteiger partial charge in [0.1, 0.15) is 0 Å². The van der Waals surface area contributed by atoms with Crippen molar-refractivity contribution in [2.45, 2.75) is 87.5 Å². The standard InChI is InChI=1S/C22H38S/c1-7-13-19-21(15-9-3,16-10-4)23-22(17-11-5,18-12-6)20-14-8-2/h9-12H,3-8,13-20H2,1-2H3. The summed E-state index contributed by atoms with van der Waals surface area (Å²) in [4.78, 5) is 0. The maximum atomic E-state index is 4.03. The smallest absolute Gasteiger partial charge is 0.0234 e. The summed E-state index contributed by atoms with van der Waals surface area (Å²) in [6.45, 7) is 20.7. The van der Waals surface area contributed by atoms with Crippen LogP contribution in [0, 0.1) is 0 Å². The number of allylic oxidation sites excluding steroid dienone is 4. The molecule has 0 fully saturated rings. The van der Waals surface area contributed by atoms with E-state index in [-0.39, 0.29) is 9.49 Å². The fourth-order valence-electron chi connectivity index (χ4n) is 3.35. The van der Waals surface area contributed by atoms with Gasteiger partial charge in [-0.3, -0.25) is 0 Å². The Hall–Kier alpha value is -0.690. The largest absolute Gasteiger partial charge is 0.147 e. The monoisotopic (exact) mass is 334 g/mol. The normalized spacial score (nSPS) is 11.9. The molecule has 0 saturated carbocycles. The van der Waals surface area contributed by atoms with Gasteiger partial charge in [-0.1, -0.05) is 63.8 Å². The van der Waals surface area contributed by atoms with Crippen LogP contribution in [-0.2, 0) is 0 Å². The van der Waals surface area contributed by atoms with Crippen LogP contribution in [0.3, 0.4) is 0 Å². The Bertz CT molecular complexity index is 299. The van der Waals surface area contributed by atoms with Gasteiger partial charge in [0.05, 0.1) is 0 Å². The summed E-state index contributed by atoms with van der Waals surface area (Å²) in [5, 5.41) is 0. The molecule has 0 amide bonds. The van der Waals surface area contributed by atoms with Gasteiger partial charge in [0.25, 0.3) is 0 Å². The summed E-state index contributed by atoms with van der Waals surface area (Å²) >= 11 is 2.18. The molecule has 0 spiro atoms. The number of hydrogen-bond donors (Lipinski definition) is 0. The van der Waals surface area contributed by atoms with E-state index < -0.39 is 0 Å². The molecular formula is C22H38S. The highest BCUT2D eigenvalue weighted by molar-refractivity contribution is 8.02. The number of unbranched alkanes of at least 4 members (excludes halogenated alkanes) is 2. The Labute approximate surface area is 150 Å². The molecular weight excluding hydrogens is 296 g/mol. The van der Waals surface area contributed by atoms with Gasteiger partial charge in [0, 0.05) is 9.49 Å². The first-order valence-corrected chi connectivity index (χ1v) is 10.0. The van der Waals surface area contributed by atoms with Crippen molar-refractivity contribution >= 4 is 11.8 Å². The molecule has 0 bridgehead atoms. The van der Waals surface area contributed by atoms with E-state index in [0.29, 0.717) is 0 Å². The quantitative estimate of drug-likeness (QED) is 0.259. The Morgan fingerprint density at radius 2 is 0.957 bits per heavy atom. The minimum Gasteiger partial charge on any atom is -0.147 e. The van der Waals surface area contributed by atoms with E-state index in [1.54, 1.807) is 0 Å². The van der Waals surface area contributed by atoms with Crippen LogP contribution in [-0.4, -0.2) is 9.49 Å². The van der Waals surface area contributed by atoms with Crippen LogP contribution < -0.4 is 0 Å². The van der Waals surface area contributed by atoms with Gasteiger partial charge in [0.15, 0.2) is 0 Å². The third-order valence-corrected chi connectivity index (χ3v) is 6.41. The van der Waals surface area contributed by atoms with Crippen LogP contribution >= 0.6 is 11.8 Å². The highest BCUT2D eigenvalue weighted by atomic mass is 32.2. The molecule has 132 valence electrons. The molecule has 0 aliphatic heterocycles. The molecule has 0 atom stereocenters. The minimum absolute atomic E-state index is 0.221. The minimum atomic E-state index is 0.221. The molecule has 0 nitrogen and oxygen atoms in total. The second-order valence-electron chi connectivity index (χ2n) is 6.65. The first-order valence-electron chi connectivity index (χ1n) is 9.21. The second-order valence-corrected chi connectivity index (χ2v) is 8.58. The van der Waals surface area contributed by atoms with E-state index in [0.717, 1.165) is 25.7 Å². The number of thioether (sulfide) groups is 1. The molecule has 23 heavy (non-hydrogen) atoms. The third-order valence-electron chi connectivity index (χ3n) is 4.47. The van der Waals surface area contributed by atoms with Crippen molar-refractivity contribution in [2.75, 3.05) is 0 Å². The van der Waals surface area contributed by atoms with E-state index in [9.17, 15) is 0 Å². The van der Waals surface area contributed by atoms with Crippen LogP contribution in [0.5, 0.6) is 0 Å². The fourth-order valence-corrected chi connectivity index (χ4v) is 5.57. The summed E-state index contributed by atoms with van der Waals surface area (Å²) in [5.74, 6) is 0. The summed E-state index contributed by atoms with van der Waals surface area (Å²) in [6, 6.07) is 0. The number of hydrogen-bond acceptors (Lipinski definition) is 1. The average molecular weight is 335 g/mol. The van der Waals surface area contributed by atoms with Crippen molar-refractivity contribution in [3.63, 3.8) is 0 Å². The molecule has 0 aromatic rings. The summed E-state index contributed by atoms with van der Waals surface area (Å²) in [6.07, 6.45) is 20.0. The predicted octanol–water partition coefficient (Wildman–Crippen LogP) is 7.88. The Balaban J connectivity index is 5.56. The van der Waals surface area contributed by atoms with E-state index in [1.807, 2.05) is 0 Å². The summed E-state index contributed by atoms with van der Waals surface area (Å²) < 4.78 is 0.443. The summed E-state index contributed by atoms with van der Waals surface area (Å²) in [5.41, 5.74) is 0. The number of rotatable bonds is 16. The lowest BCUT2D eigenvalue weighted by Crippen LogP contribution is -2.35. The predicted molar refractivity (Wildman–Crippen MR) is 111 cm³/mol. The van der Waals surface area contributed by atoms with Crippen molar-refractivity contribution in [1.29, 1.82) is 0 Å². The molecule has 0 heterocycles. The zero-order valence-electron chi connectivity index (χ0n) is 15.6. The molecule has 0 rings (SSSR count). The van der Waals surface area contributed by atoms with Gasteiger partial charge in [-0.25, -0.2) is 0 Å². The van der Waals surface area contributed by atoms with Crippen LogP contribution in [0.25, 0.3) is 0 Å². The van der Waals surface area contributed by atoms with Crippen molar-refractivity contribution in [3.05, 3.63) is 50.6 Å². The van der Waals surface area contributed by atoms with Gasteiger partial charge in [-0.05, 0) is 38.5 Å². The molecule has 0 aromatic carbocycles. The van der Waals surface area contributed by atoms with Crippen LogP contribution in [0.4, 0.5) is 0 Å². The second kappa shape index (κ2) is 12.7. The highest BCUT2D eigenvalue weighted by Gasteiger charge is 2.38. The Morgan fingerprint density at radius 3 is 1.17 bits per heavy atom. The molecule has 0 unspecified atom stereocenters.